The number of nitrogens with one attached hydrogen (secondary N) is 1. The number of nitrogens with zero attached hydrogens (tertiary/aromatic N) is 1. The van der Waals surface area contributed by atoms with Gasteiger partial charge in [-0.2, -0.15) is 0 Å². The number of rotatable bonds is 10. The van der Waals surface area contributed by atoms with Crippen LogP contribution in [0.5, 0.6) is 17.2 Å². The van der Waals surface area contributed by atoms with Gasteiger partial charge in [0.25, 0.3) is 11.1 Å². The number of thioether (sulfide) groups is 1. The van der Waals surface area contributed by atoms with E-state index in [-0.39, 0.29) is 11.5 Å². The highest BCUT2D eigenvalue weighted by molar-refractivity contribution is 14.1. The molecule has 10 nitrogen and oxygen atoms in total. The van der Waals surface area contributed by atoms with Crippen LogP contribution in [-0.4, -0.2) is 61.9 Å². The summed E-state index contributed by atoms with van der Waals surface area (Å²) in [6.45, 7) is 1.68. The molecule has 36 heavy (non-hydrogen) atoms. The second-order valence-electron chi connectivity index (χ2n) is 7.17. The van der Waals surface area contributed by atoms with Gasteiger partial charge >= 0.3 is 5.97 Å². The molecule has 0 spiro atoms. The molecule has 1 fully saturated rings. The Balaban J connectivity index is 1.70. The normalized spacial score (nSPS) is 14.1. The van der Waals surface area contributed by atoms with Crippen molar-refractivity contribution in [2.24, 2.45) is 0 Å². The lowest BCUT2D eigenvalue weighted by atomic mass is 10.2. The Morgan fingerprint density at radius 1 is 1.11 bits per heavy atom. The van der Waals surface area contributed by atoms with Crippen LogP contribution in [0.3, 0.4) is 0 Å². The van der Waals surface area contributed by atoms with Crippen LogP contribution >= 0.6 is 34.4 Å². The number of benzene rings is 2. The van der Waals surface area contributed by atoms with E-state index >= 15 is 0 Å². The molecule has 3 rings (SSSR count). The van der Waals surface area contributed by atoms with E-state index in [4.69, 9.17) is 14.2 Å². The zero-order valence-electron chi connectivity index (χ0n) is 19.7. The quantitative estimate of drug-likeness (QED) is 0.238. The van der Waals surface area contributed by atoms with E-state index in [1.54, 1.807) is 36.4 Å². The monoisotopic (exact) mass is 626 g/mol. The molecule has 2 aromatic rings. The number of anilines is 1. The molecule has 0 bridgehead atoms. The number of methoxy groups -OCH3 is 2. The lowest BCUT2D eigenvalue weighted by Gasteiger charge is -2.13. The summed E-state index contributed by atoms with van der Waals surface area (Å²) in [5.74, 6) is -0.276. The third kappa shape index (κ3) is 6.91. The second-order valence-corrected chi connectivity index (χ2v) is 9.33. The maximum Gasteiger partial charge on any atom is 0.343 e. The first-order chi connectivity index (χ1) is 17.2. The van der Waals surface area contributed by atoms with Gasteiger partial charge in [0, 0.05) is 5.69 Å². The topological polar surface area (TPSA) is 120 Å². The number of ether oxygens (including phenoxy) is 4. The zero-order chi connectivity index (χ0) is 26.2. The standard InChI is InChI=1S/C24H23IN2O8S/c1-4-34-16-7-5-15(6-8-16)26-20(28)12-27-23(30)19(36-24(27)31)11-14-9-17(25)22(18(10-14)32-2)35-13-21(29)33-3/h5-11H,4,12-13H2,1-3H3,(H,26,28)/b19-11+. The smallest absolute Gasteiger partial charge is 0.343 e. The summed E-state index contributed by atoms with van der Waals surface area (Å²) in [6.07, 6.45) is 1.53. The van der Waals surface area contributed by atoms with Crippen molar-refractivity contribution in [2.75, 3.05) is 39.3 Å². The fourth-order valence-electron chi connectivity index (χ4n) is 3.09. The number of carbonyl (C=O) groups excluding carboxylic acids is 4. The molecule has 1 aliphatic rings. The lowest BCUT2D eigenvalue weighted by molar-refractivity contribution is -0.143. The first-order valence-corrected chi connectivity index (χ1v) is 12.5. The Kier molecular flexibility index (Phi) is 9.58. The van der Waals surface area contributed by atoms with Crippen LogP contribution in [0, 0.1) is 3.57 Å². The van der Waals surface area contributed by atoms with Crippen molar-refractivity contribution in [3.8, 4) is 17.2 Å². The molecule has 190 valence electrons. The minimum absolute atomic E-state index is 0.162. The van der Waals surface area contributed by atoms with Crippen LogP contribution < -0.4 is 19.5 Å². The van der Waals surface area contributed by atoms with Crippen molar-refractivity contribution >= 4 is 69.1 Å². The van der Waals surface area contributed by atoms with Gasteiger partial charge in [-0.05, 0) is 89.3 Å². The van der Waals surface area contributed by atoms with Gasteiger partial charge < -0.3 is 24.3 Å². The summed E-state index contributed by atoms with van der Waals surface area (Å²) in [5.41, 5.74) is 1.09. The number of amides is 3. The highest BCUT2D eigenvalue weighted by Crippen LogP contribution is 2.37. The van der Waals surface area contributed by atoms with Crippen molar-refractivity contribution in [2.45, 2.75) is 6.92 Å². The van der Waals surface area contributed by atoms with Crippen molar-refractivity contribution in [1.82, 2.24) is 4.90 Å². The number of hydrogen-bond donors (Lipinski definition) is 1. The fraction of sp³-hybridized carbons (Fsp3) is 0.250. The third-order valence-corrected chi connectivity index (χ3v) is 6.44. The zero-order valence-corrected chi connectivity index (χ0v) is 22.6. The Labute approximate surface area is 225 Å². The van der Waals surface area contributed by atoms with Crippen LogP contribution in [0.25, 0.3) is 6.08 Å². The first kappa shape index (κ1) is 27.3. The van der Waals surface area contributed by atoms with Crippen LogP contribution in [0.1, 0.15) is 12.5 Å². The van der Waals surface area contributed by atoms with Crippen molar-refractivity contribution in [3.63, 3.8) is 0 Å². The van der Waals surface area contributed by atoms with Crippen molar-refractivity contribution in [1.29, 1.82) is 0 Å². The van der Waals surface area contributed by atoms with Gasteiger partial charge in [0.15, 0.2) is 18.1 Å². The number of carbonyl (C=O) groups is 4. The Morgan fingerprint density at radius 3 is 2.47 bits per heavy atom. The molecule has 1 heterocycles. The van der Waals surface area contributed by atoms with Crippen LogP contribution in [0.4, 0.5) is 10.5 Å². The van der Waals surface area contributed by atoms with Gasteiger partial charge in [0.05, 0.1) is 29.3 Å². The molecular formula is C24H23IN2O8S. The highest BCUT2D eigenvalue weighted by atomic mass is 127. The van der Waals surface area contributed by atoms with E-state index in [0.717, 1.165) is 16.7 Å². The molecule has 2 aromatic carbocycles. The largest absolute Gasteiger partial charge is 0.494 e. The molecule has 0 saturated carbocycles. The van der Waals surface area contributed by atoms with Gasteiger partial charge in [0.2, 0.25) is 5.91 Å². The number of halogens is 1. The minimum atomic E-state index is -0.577. The molecule has 1 saturated heterocycles. The summed E-state index contributed by atoms with van der Waals surface area (Å²) in [6, 6.07) is 10.1. The average molecular weight is 626 g/mol. The molecule has 0 aliphatic carbocycles. The van der Waals surface area contributed by atoms with Crippen molar-refractivity contribution in [3.05, 3.63) is 50.4 Å². The molecule has 0 atom stereocenters. The minimum Gasteiger partial charge on any atom is -0.494 e. The summed E-state index contributed by atoms with van der Waals surface area (Å²) in [7, 11) is 2.70. The Bertz CT molecular complexity index is 1200. The van der Waals surface area contributed by atoms with E-state index < -0.39 is 29.6 Å². The maximum atomic E-state index is 12.9. The summed E-state index contributed by atoms with van der Waals surface area (Å²) in [4.78, 5) is 50.2. The predicted molar refractivity (Wildman–Crippen MR) is 142 cm³/mol. The Morgan fingerprint density at radius 2 is 1.83 bits per heavy atom. The molecule has 0 radical (unpaired) electrons. The molecule has 0 unspecified atom stereocenters. The van der Waals surface area contributed by atoms with Gasteiger partial charge in [-0.3, -0.25) is 19.3 Å². The van der Waals surface area contributed by atoms with Crippen LogP contribution in [0.2, 0.25) is 0 Å². The van der Waals surface area contributed by atoms with Crippen LogP contribution in [-0.2, 0) is 19.1 Å². The second kappa shape index (κ2) is 12.6. The Hall–Kier alpha value is -3.26. The van der Waals surface area contributed by atoms with E-state index in [1.165, 1.54) is 20.3 Å². The van der Waals surface area contributed by atoms with Gasteiger partial charge in [-0.25, -0.2) is 4.79 Å². The number of hydrogen-bond acceptors (Lipinski definition) is 9. The van der Waals surface area contributed by atoms with Crippen molar-refractivity contribution < 1.29 is 38.1 Å². The lowest BCUT2D eigenvalue weighted by Crippen LogP contribution is -2.36. The maximum absolute atomic E-state index is 12.9. The fourth-order valence-corrected chi connectivity index (χ4v) is 4.71. The number of esters is 1. The molecule has 1 aliphatic heterocycles. The molecule has 1 N–H and O–H groups in total. The predicted octanol–water partition coefficient (Wildman–Crippen LogP) is 3.93. The van der Waals surface area contributed by atoms with Gasteiger partial charge in [-0.15, -0.1) is 0 Å². The van der Waals surface area contributed by atoms with E-state index in [1.807, 2.05) is 29.5 Å². The van der Waals surface area contributed by atoms with E-state index in [9.17, 15) is 19.2 Å². The van der Waals surface area contributed by atoms with Gasteiger partial charge in [-0.1, -0.05) is 0 Å². The number of imide groups is 1. The molecule has 3 amide bonds. The van der Waals surface area contributed by atoms with Gasteiger partial charge in [0.1, 0.15) is 12.3 Å². The summed E-state index contributed by atoms with van der Waals surface area (Å²) < 4.78 is 21.4. The SMILES string of the molecule is CCOc1ccc(NC(=O)CN2C(=O)S/C(=C/c3cc(I)c(OCC(=O)OC)c(OC)c3)C2=O)cc1. The summed E-state index contributed by atoms with van der Waals surface area (Å²) in [5, 5.41) is 2.11. The summed E-state index contributed by atoms with van der Waals surface area (Å²) >= 11 is 2.75. The average Bonchev–Trinajstić information content (AvgIpc) is 3.11. The third-order valence-electron chi connectivity index (χ3n) is 4.74. The molecular weight excluding hydrogens is 603 g/mol. The molecule has 12 heteroatoms. The highest BCUT2D eigenvalue weighted by Gasteiger charge is 2.36. The van der Waals surface area contributed by atoms with E-state index in [2.05, 4.69) is 10.1 Å². The van der Waals surface area contributed by atoms with E-state index in [0.29, 0.717) is 38.7 Å². The van der Waals surface area contributed by atoms with Crippen LogP contribution in [0.15, 0.2) is 41.3 Å². The molecule has 0 aromatic heterocycles. The first-order valence-electron chi connectivity index (χ1n) is 10.6.